The summed E-state index contributed by atoms with van der Waals surface area (Å²) in [6.45, 7) is 0. The van der Waals surface area contributed by atoms with E-state index < -0.39 is 0 Å². The van der Waals surface area contributed by atoms with Gasteiger partial charge in [0.25, 0.3) is 0 Å². The van der Waals surface area contributed by atoms with Crippen LogP contribution in [-0.4, -0.2) is 5.17 Å². The van der Waals surface area contributed by atoms with E-state index in [9.17, 15) is 0 Å². The molecule has 0 saturated carbocycles. The van der Waals surface area contributed by atoms with Gasteiger partial charge in [-0.05, 0) is 11.1 Å². The number of allylic oxidation sites excluding steroid dienone is 1. The van der Waals surface area contributed by atoms with Gasteiger partial charge in [-0.1, -0.05) is 78.3 Å². The Kier molecular flexibility index (Phi) is 3.47. The maximum Gasteiger partial charge on any atom is 0.107 e. The van der Waals surface area contributed by atoms with Crippen LogP contribution in [0.15, 0.2) is 71.7 Å². The van der Waals surface area contributed by atoms with Crippen LogP contribution in [-0.2, 0) is 0 Å². The predicted molar refractivity (Wildman–Crippen MR) is 81.5 cm³/mol. The van der Waals surface area contributed by atoms with Gasteiger partial charge >= 0.3 is 0 Å². The number of nitrogens with zero attached hydrogens (tertiary/aromatic N) is 1. The van der Waals surface area contributed by atoms with Gasteiger partial charge in [-0.15, -0.1) is 0 Å². The Bertz CT molecular complexity index is 614. The molecule has 1 nitrogen and oxygen atoms in total. The lowest BCUT2D eigenvalue weighted by atomic mass is 9.92. The molecular weight excluding hydrogens is 254 g/mol. The van der Waals surface area contributed by atoms with Crippen molar-refractivity contribution in [1.29, 1.82) is 0 Å². The number of hydrogen-bond donors (Lipinski definition) is 0. The summed E-state index contributed by atoms with van der Waals surface area (Å²) in [6, 6.07) is 20.6. The summed E-state index contributed by atoms with van der Waals surface area (Å²) in [5.74, 6) is 0.307. The molecule has 1 atom stereocenters. The summed E-state index contributed by atoms with van der Waals surface area (Å²) in [5.41, 5.74) is 3.36. The quantitative estimate of drug-likeness (QED) is 0.737. The summed E-state index contributed by atoms with van der Waals surface area (Å²) < 4.78 is 0. The van der Waals surface area contributed by atoms with E-state index in [1.807, 2.05) is 24.3 Å². The number of hydrogen-bond acceptors (Lipinski definition) is 1. The second-order valence-electron chi connectivity index (χ2n) is 4.63. The molecule has 0 radical (unpaired) electrons. The van der Waals surface area contributed by atoms with E-state index in [0.717, 1.165) is 17.7 Å². The highest BCUT2D eigenvalue weighted by Crippen LogP contribution is 2.32. The van der Waals surface area contributed by atoms with Crippen LogP contribution in [0.4, 0.5) is 0 Å². The highest BCUT2D eigenvalue weighted by atomic mass is 35.5. The molecule has 0 N–H and O–H groups in total. The van der Waals surface area contributed by atoms with Crippen LogP contribution in [0.3, 0.4) is 0 Å². The van der Waals surface area contributed by atoms with Crippen molar-refractivity contribution in [3.8, 4) is 0 Å². The maximum atomic E-state index is 6.22. The lowest BCUT2D eigenvalue weighted by Crippen LogP contribution is -2.06. The van der Waals surface area contributed by atoms with Crippen LogP contribution in [0.2, 0.25) is 0 Å². The molecule has 0 aliphatic carbocycles. The van der Waals surface area contributed by atoms with Crippen molar-refractivity contribution in [3.63, 3.8) is 0 Å². The van der Waals surface area contributed by atoms with Crippen LogP contribution < -0.4 is 0 Å². The van der Waals surface area contributed by atoms with Crippen LogP contribution in [0.25, 0.3) is 5.70 Å². The first kappa shape index (κ1) is 12.2. The van der Waals surface area contributed by atoms with E-state index in [-0.39, 0.29) is 0 Å². The third kappa shape index (κ3) is 2.77. The first-order valence-electron chi connectivity index (χ1n) is 6.38. The Hall–Kier alpha value is -1.86. The lowest BCUT2D eigenvalue weighted by molar-refractivity contribution is 0.887. The minimum absolute atomic E-state index is 0.307. The van der Waals surface area contributed by atoms with Crippen LogP contribution in [0, 0.1) is 0 Å². The van der Waals surface area contributed by atoms with Gasteiger partial charge in [0.15, 0.2) is 0 Å². The molecule has 2 aromatic rings. The minimum atomic E-state index is 0.307. The fourth-order valence-electron chi connectivity index (χ4n) is 2.33. The van der Waals surface area contributed by atoms with E-state index in [4.69, 9.17) is 11.6 Å². The van der Waals surface area contributed by atoms with Gasteiger partial charge in [0.05, 0.1) is 5.70 Å². The zero-order chi connectivity index (χ0) is 13.1. The van der Waals surface area contributed by atoms with Gasteiger partial charge in [-0.2, -0.15) is 0 Å². The fraction of sp³-hybridized carbons (Fsp3) is 0.118. The van der Waals surface area contributed by atoms with Crippen LogP contribution in [0.1, 0.15) is 23.5 Å². The summed E-state index contributed by atoms with van der Waals surface area (Å²) in [5, 5.41) is 0.676. The van der Waals surface area contributed by atoms with Crippen molar-refractivity contribution in [2.24, 2.45) is 4.99 Å². The smallest absolute Gasteiger partial charge is 0.107 e. The van der Waals surface area contributed by atoms with E-state index in [1.165, 1.54) is 5.56 Å². The average molecular weight is 268 g/mol. The van der Waals surface area contributed by atoms with Crippen molar-refractivity contribution >= 4 is 22.5 Å². The van der Waals surface area contributed by atoms with Gasteiger partial charge in [0, 0.05) is 12.3 Å². The highest BCUT2D eigenvalue weighted by molar-refractivity contribution is 6.66. The fourth-order valence-corrected chi connectivity index (χ4v) is 2.59. The lowest BCUT2D eigenvalue weighted by Gasteiger charge is -2.18. The van der Waals surface area contributed by atoms with Crippen molar-refractivity contribution in [3.05, 3.63) is 77.9 Å². The van der Waals surface area contributed by atoms with Gasteiger partial charge in [0.1, 0.15) is 5.17 Å². The van der Waals surface area contributed by atoms with Crippen LogP contribution in [0.5, 0.6) is 0 Å². The van der Waals surface area contributed by atoms with E-state index in [2.05, 4.69) is 47.5 Å². The molecule has 0 saturated heterocycles. The highest BCUT2D eigenvalue weighted by Gasteiger charge is 2.17. The molecule has 2 aromatic carbocycles. The van der Waals surface area contributed by atoms with Crippen molar-refractivity contribution < 1.29 is 0 Å². The Balaban J connectivity index is 1.98. The van der Waals surface area contributed by atoms with Crippen molar-refractivity contribution in [2.45, 2.75) is 12.3 Å². The van der Waals surface area contributed by atoms with Crippen molar-refractivity contribution in [2.75, 3.05) is 0 Å². The molecule has 19 heavy (non-hydrogen) atoms. The Labute approximate surface area is 118 Å². The molecule has 0 aromatic heterocycles. The second kappa shape index (κ2) is 5.41. The molecule has 1 aliphatic heterocycles. The molecule has 0 amide bonds. The van der Waals surface area contributed by atoms with E-state index >= 15 is 0 Å². The third-order valence-electron chi connectivity index (χ3n) is 3.29. The standard InChI is InChI=1S/C17H14ClN/c18-17-12-15(13-7-3-1-4-8-13)11-16(19-17)14-9-5-2-6-10-14/h1-11,15H,12H2. The zero-order valence-corrected chi connectivity index (χ0v) is 11.2. The number of benzene rings is 2. The maximum absolute atomic E-state index is 6.22. The van der Waals surface area contributed by atoms with Gasteiger partial charge in [0.2, 0.25) is 0 Å². The number of rotatable bonds is 2. The Morgan fingerprint density at radius 2 is 1.53 bits per heavy atom. The second-order valence-corrected chi connectivity index (χ2v) is 5.06. The van der Waals surface area contributed by atoms with E-state index in [1.54, 1.807) is 0 Å². The molecule has 1 heterocycles. The number of aliphatic imine (C=N–C) groups is 1. The minimum Gasteiger partial charge on any atom is -0.241 e. The van der Waals surface area contributed by atoms with Gasteiger partial charge < -0.3 is 0 Å². The molecule has 2 heteroatoms. The molecule has 0 bridgehead atoms. The Morgan fingerprint density at radius 3 is 2.21 bits per heavy atom. The summed E-state index contributed by atoms with van der Waals surface area (Å²) in [6.07, 6.45) is 2.98. The summed E-state index contributed by atoms with van der Waals surface area (Å²) in [7, 11) is 0. The SMILES string of the molecule is ClC1=NC(c2ccccc2)=CC(c2ccccc2)C1. The molecule has 0 spiro atoms. The molecule has 1 unspecified atom stereocenters. The first-order valence-corrected chi connectivity index (χ1v) is 6.76. The average Bonchev–Trinajstić information content (AvgIpc) is 2.48. The largest absolute Gasteiger partial charge is 0.241 e. The zero-order valence-electron chi connectivity index (χ0n) is 10.5. The third-order valence-corrected chi connectivity index (χ3v) is 3.53. The van der Waals surface area contributed by atoms with E-state index in [0.29, 0.717) is 11.1 Å². The molecular formula is C17H14ClN. The predicted octanol–water partition coefficient (Wildman–Crippen LogP) is 4.85. The monoisotopic (exact) mass is 267 g/mol. The topological polar surface area (TPSA) is 12.4 Å². The Morgan fingerprint density at radius 1 is 0.895 bits per heavy atom. The van der Waals surface area contributed by atoms with Gasteiger partial charge in [-0.25, -0.2) is 4.99 Å². The normalized spacial score (nSPS) is 18.7. The van der Waals surface area contributed by atoms with Crippen LogP contribution >= 0.6 is 11.6 Å². The summed E-state index contributed by atoms with van der Waals surface area (Å²) >= 11 is 6.22. The first-order chi connectivity index (χ1) is 9.33. The molecule has 1 aliphatic rings. The molecule has 3 rings (SSSR count). The number of halogens is 1. The molecule has 0 fully saturated rings. The van der Waals surface area contributed by atoms with Gasteiger partial charge in [-0.3, -0.25) is 0 Å². The summed E-state index contributed by atoms with van der Waals surface area (Å²) in [4.78, 5) is 4.47. The molecule has 94 valence electrons. The van der Waals surface area contributed by atoms with Crippen molar-refractivity contribution in [1.82, 2.24) is 0 Å².